The molecule has 1 aromatic heterocycles. The van der Waals surface area contributed by atoms with Gasteiger partial charge in [-0.15, -0.1) is 11.3 Å². The number of hydrogen-bond acceptors (Lipinski definition) is 5. The van der Waals surface area contributed by atoms with Crippen LogP contribution in [-0.2, 0) is 16.1 Å². The molecule has 2 aromatic rings. The van der Waals surface area contributed by atoms with Crippen molar-refractivity contribution in [1.29, 1.82) is 0 Å². The zero-order chi connectivity index (χ0) is 16.8. The van der Waals surface area contributed by atoms with Crippen LogP contribution in [0.5, 0.6) is 0 Å². The molecular weight excluding hydrogens is 429 g/mol. The van der Waals surface area contributed by atoms with Gasteiger partial charge in [0.25, 0.3) is 0 Å². The predicted molar refractivity (Wildman–Crippen MR) is 95.6 cm³/mol. The first-order chi connectivity index (χ1) is 11.0. The SMILES string of the molecule is CC(=O)NCc1ccc(C(=O)COC(=O)c2cccc(I)c2)s1. The van der Waals surface area contributed by atoms with E-state index in [9.17, 15) is 14.4 Å². The highest BCUT2D eigenvalue weighted by atomic mass is 127. The van der Waals surface area contributed by atoms with Crippen molar-refractivity contribution in [3.63, 3.8) is 0 Å². The molecule has 23 heavy (non-hydrogen) atoms. The number of halogens is 1. The molecule has 1 heterocycles. The minimum atomic E-state index is -0.521. The summed E-state index contributed by atoms with van der Waals surface area (Å²) < 4.78 is 5.97. The summed E-state index contributed by atoms with van der Waals surface area (Å²) in [5, 5.41) is 2.67. The molecule has 0 saturated heterocycles. The first-order valence-electron chi connectivity index (χ1n) is 6.75. The molecule has 7 heteroatoms. The van der Waals surface area contributed by atoms with E-state index in [2.05, 4.69) is 27.9 Å². The lowest BCUT2D eigenvalue weighted by atomic mass is 10.2. The molecule has 2 rings (SSSR count). The molecule has 5 nitrogen and oxygen atoms in total. The summed E-state index contributed by atoms with van der Waals surface area (Å²) >= 11 is 3.38. The van der Waals surface area contributed by atoms with Gasteiger partial charge in [-0.2, -0.15) is 0 Å². The van der Waals surface area contributed by atoms with E-state index in [-0.39, 0.29) is 18.3 Å². The molecule has 1 amide bonds. The molecule has 0 fully saturated rings. The Labute approximate surface area is 151 Å². The van der Waals surface area contributed by atoms with E-state index in [4.69, 9.17) is 4.74 Å². The van der Waals surface area contributed by atoms with E-state index >= 15 is 0 Å². The van der Waals surface area contributed by atoms with Crippen LogP contribution in [0.15, 0.2) is 36.4 Å². The second-order valence-corrected chi connectivity index (χ2v) is 7.10. The van der Waals surface area contributed by atoms with Gasteiger partial charge >= 0.3 is 5.97 Å². The van der Waals surface area contributed by atoms with Crippen molar-refractivity contribution >= 4 is 51.6 Å². The quantitative estimate of drug-likeness (QED) is 0.423. The number of rotatable bonds is 6. The molecule has 0 radical (unpaired) electrons. The number of hydrogen-bond donors (Lipinski definition) is 1. The van der Waals surface area contributed by atoms with Gasteiger partial charge in [0.1, 0.15) is 0 Å². The number of benzene rings is 1. The van der Waals surface area contributed by atoms with Crippen LogP contribution in [0.1, 0.15) is 31.8 Å². The molecule has 0 bridgehead atoms. The topological polar surface area (TPSA) is 72.5 Å². The van der Waals surface area contributed by atoms with Crippen LogP contribution in [0.3, 0.4) is 0 Å². The van der Waals surface area contributed by atoms with Gasteiger partial charge in [-0.05, 0) is 52.9 Å². The van der Waals surface area contributed by atoms with Crippen molar-refractivity contribution in [2.45, 2.75) is 13.5 Å². The molecule has 0 unspecified atom stereocenters. The zero-order valence-corrected chi connectivity index (χ0v) is 15.3. The summed E-state index contributed by atoms with van der Waals surface area (Å²) in [5.41, 5.74) is 0.419. The molecule has 120 valence electrons. The minimum absolute atomic E-state index is 0.127. The first kappa shape index (κ1) is 17.6. The van der Waals surface area contributed by atoms with Crippen molar-refractivity contribution in [2.75, 3.05) is 6.61 Å². The largest absolute Gasteiger partial charge is 0.454 e. The van der Waals surface area contributed by atoms with Crippen LogP contribution < -0.4 is 5.32 Å². The fraction of sp³-hybridized carbons (Fsp3) is 0.188. The molecule has 0 saturated carbocycles. The van der Waals surface area contributed by atoms with Gasteiger partial charge in [0, 0.05) is 15.4 Å². The minimum Gasteiger partial charge on any atom is -0.454 e. The number of esters is 1. The third-order valence-electron chi connectivity index (χ3n) is 2.84. The number of nitrogens with one attached hydrogen (secondary N) is 1. The number of carbonyl (C=O) groups excluding carboxylic acids is 3. The number of carbonyl (C=O) groups is 3. The van der Waals surface area contributed by atoms with Gasteiger partial charge < -0.3 is 10.1 Å². The summed E-state index contributed by atoms with van der Waals surface area (Å²) in [6, 6.07) is 10.4. The summed E-state index contributed by atoms with van der Waals surface area (Å²) in [5.74, 6) is -0.910. The van der Waals surface area contributed by atoms with Crippen LogP contribution in [0.2, 0.25) is 0 Å². The number of Topliss-reactive ketones (excluding diaryl/α,β-unsaturated/α-hetero) is 1. The van der Waals surface area contributed by atoms with Crippen LogP contribution >= 0.6 is 33.9 Å². The average Bonchev–Trinajstić information content (AvgIpc) is 2.99. The Morgan fingerprint density at radius 2 is 2.00 bits per heavy atom. The highest BCUT2D eigenvalue weighted by Gasteiger charge is 2.14. The molecule has 0 spiro atoms. The Bertz CT molecular complexity index is 741. The fourth-order valence-corrected chi connectivity index (χ4v) is 3.15. The Hall–Kier alpha value is -1.74. The number of amides is 1. The monoisotopic (exact) mass is 443 g/mol. The van der Waals surface area contributed by atoms with E-state index in [0.717, 1.165) is 8.45 Å². The maximum Gasteiger partial charge on any atom is 0.338 e. The number of ketones is 1. The predicted octanol–water partition coefficient (Wildman–Crippen LogP) is 3.03. The van der Waals surface area contributed by atoms with Crippen molar-refractivity contribution < 1.29 is 19.1 Å². The van der Waals surface area contributed by atoms with Crippen molar-refractivity contribution in [3.05, 3.63) is 55.3 Å². The van der Waals surface area contributed by atoms with Gasteiger partial charge in [-0.1, -0.05) is 6.07 Å². The van der Waals surface area contributed by atoms with Crippen LogP contribution in [-0.4, -0.2) is 24.3 Å². The maximum atomic E-state index is 12.0. The number of ether oxygens (including phenoxy) is 1. The average molecular weight is 443 g/mol. The lowest BCUT2D eigenvalue weighted by molar-refractivity contribution is -0.119. The lowest BCUT2D eigenvalue weighted by Crippen LogP contribution is -2.18. The maximum absolute atomic E-state index is 12.0. The lowest BCUT2D eigenvalue weighted by Gasteiger charge is -2.03. The fourth-order valence-electron chi connectivity index (χ4n) is 1.74. The third-order valence-corrected chi connectivity index (χ3v) is 4.64. The van der Waals surface area contributed by atoms with Crippen molar-refractivity contribution in [2.24, 2.45) is 0 Å². The Morgan fingerprint density at radius 3 is 2.70 bits per heavy atom. The molecule has 0 aliphatic rings. The molecule has 0 aliphatic carbocycles. The molecular formula is C16H14INO4S. The second kappa shape index (κ2) is 8.21. The van der Waals surface area contributed by atoms with E-state index in [1.807, 2.05) is 6.07 Å². The molecule has 0 atom stereocenters. The summed E-state index contributed by atoms with van der Waals surface area (Å²) in [4.78, 5) is 36.2. The van der Waals surface area contributed by atoms with E-state index in [1.54, 1.807) is 30.3 Å². The molecule has 1 aromatic carbocycles. The van der Waals surface area contributed by atoms with Crippen molar-refractivity contribution in [3.8, 4) is 0 Å². The molecule has 0 aliphatic heterocycles. The Kier molecular flexibility index (Phi) is 6.28. The summed E-state index contributed by atoms with van der Waals surface area (Å²) in [6.45, 7) is 1.52. The van der Waals surface area contributed by atoms with Crippen LogP contribution in [0.25, 0.3) is 0 Å². The van der Waals surface area contributed by atoms with E-state index in [0.29, 0.717) is 17.0 Å². The standard InChI is InChI=1S/C16H14INO4S/c1-10(19)18-8-13-5-6-15(23-13)14(20)9-22-16(21)11-3-2-4-12(17)7-11/h2-7H,8-9H2,1H3,(H,18,19). The Balaban J connectivity index is 1.89. The third kappa shape index (κ3) is 5.43. The highest BCUT2D eigenvalue weighted by molar-refractivity contribution is 14.1. The summed E-state index contributed by atoms with van der Waals surface area (Å²) in [7, 11) is 0. The van der Waals surface area contributed by atoms with E-state index < -0.39 is 5.97 Å². The highest BCUT2D eigenvalue weighted by Crippen LogP contribution is 2.17. The Morgan fingerprint density at radius 1 is 1.22 bits per heavy atom. The van der Waals surface area contributed by atoms with Gasteiger partial charge in [0.05, 0.1) is 17.0 Å². The van der Waals surface area contributed by atoms with Gasteiger partial charge in [0.2, 0.25) is 11.7 Å². The van der Waals surface area contributed by atoms with Crippen LogP contribution in [0, 0.1) is 3.57 Å². The van der Waals surface area contributed by atoms with Gasteiger partial charge in [-0.25, -0.2) is 4.79 Å². The second-order valence-electron chi connectivity index (χ2n) is 4.69. The van der Waals surface area contributed by atoms with Crippen LogP contribution in [0.4, 0.5) is 0 Å². The number of thiophene rings is 1. The van der Waals surface area contributed by atoms with Crippen molar-refractivity contribution in [1.82, 2.24) is 5.32 Å². The zero-order valence-electron chi connectivity index (χ0n) is 12.3. The summed E-state index contributed by atoms with van der Waals surface area (Å²) in [6.07, 6.45) is 0. The van der Waals surface area contributed by atoms with E-state index in [1.165, 1.54) is 18.3 Å². The smallest absolute Gasteiger partial charge is 0.338 e. The first-order valence-corrected chi connectivity index (χ1v) is 8.64. The van der Waals surface area contributed by atoms with Gasteiger partial charge in [-0.3, -0.25) is 9.59 Å². The normalized spacial score (nSPS) is 10.2. The molecule has 1 N–H and O–H groups in total. The van der Waals surface area contributed by atoms with Gasteiger partial charge in [0.15, 0.2) is 6.61 Å².